The van der Waals surface area contributed by atoms with Gasteiger partial charge in [-0.2, -0.15) is 0 Å². The highest BCUT2D eigenvalue weighted by molar-refractivity contribution is 7.10. The molecule has 0 aliphatic rings. The first-order chi connectivity index (χ1) is 6.16. The van der Waals surface area contributed by atoms with Gasteiger partial charge in [0, 0.05) is 0 Å². The van der Waals surface area contributed by atoms with Crippen LogP contribution in [-0.2, 0) is 9.53 Å². The van der Waals surface area contributed by atoms with E-state index in [1.165, 1.54) is 11.3 Å². The van der Waals surface area contributed by atoms with Crippen LogP contribution < -0.4 is 5.73 Å². The van der Waals surface area contributed by atoms with E-state index in [1.807, 2.05) is 0 Å². The minimum Gasteiger partial charge on any atom is -0.465 e. The standard InChI is InChI=1S/C8H10ClNO2S/c1-2-12-8(11)6(10)7-5(9)3-4-13-7/h3-4,6H,2,10H2,1H3. The molecule has 1 rings (SSSR count). The molecule has 1 aromatic heterocycles. The molecule has 1 atom stereocenters. The van der Waals surface area contributed by atoms with E-state index in [1.54, 1.807) is 18.4 Å². The van der Waals surface area contributed by atoms with Crippen molar-refractivity contribution in [1.82, 2.24) is 0 Å². The second-order valence-corrected chi connectivity index (χ2v) is 3.72. The quantitative estimate of drug-likeness (QED) is 0.791. The molecule has 0 aromatic carbocycles. The highest BCUT2D eigenvalue weighted by atomic mass is 35.5. The molecule has 1 heterocycles. The van der Waals surface area contributed by atoms with Crippen LogP contribution in [0.1, 0.15) is 17.8 Å². The number of rotatable bonds is 3. The molecule has 72 valence electrons. The summed E-state index contributed by atoms with van der Waals surface area (Å²) in [6.45, 7) is 2.07. The fourth-order valence-corrected chi connectivity index (χ4v) is 2.03. The van der Waals surface area contributed by atoms with Crippen LogP contribution in [0.25, 0.3) is 0 Å². The summed E-state index contributed by atoms with van der Waals surface area (Å²) < 4.78 is 4.77. The van der Waals surface area contributed by atoms with Gasteiger partial charge in [-0.05, 0) is 18.4 Å². The van der Waals surface area contributed by atoms with Gasteiger partial charge in [0.15, 0.2) is 0 Å². The molecule has 0 spiro atoms. The first kappa shape index (κ1) is 10.5. The number of nitrogens with two attached hydrogens (primary N) is 1. The second kappa shape index (κ2) is 4.60. The number of hydrogen-bond donors (Lipinski definition) is 1. The van der Waals surface area contributed by atoms with Crippen LogP contribution in [0.5, 0.6) is 0 Å². The van der Waals surface area contributed by atoms with E-state index in [2.05, 4.69) is 0 Å². The van der Waals surface area contributed by atoms with Crippen molar-refractivity contribution >= 4 is 28.9 Å². The highest BCUT2D eigenvalue weighted by Gasteiger charge is 2.20. The van der Waals surface area contributed by atoms with Gasteiger partial charge >= 0.3 is 5.97 Å². The van der Waals surface area contributed by atoms with Crippen LogP contribution in [0, 0.1) is 0 Å². The topological polar surface area (TPSA) is 52.3 Å². The maximum atomic E-state index is 11.2. The van der Waals surface area contributed by atoms with Crippen LogP contribution in [0.2, 0.25) is 5.02 Å². The maximum absolute atomic E-state index is 11.2. The first-order valence-corrected chi connectivity index (χ1v) is 5.07. The summed E-state index contributed by atoms with van der Waals surface area (Å²) >= 11 is 7.16. The molecule has 2 N–H and O–H groups in total. The molecule has 5 heteroatoms. The van der Waals surface area contributed by atoms with E-state index in [9.17, 15) is 4.79 Å². The lowest BCUT2D eigenvalue weighted by Crippen LogP contribution is -2.22. The Morgan fingerprint density at radius 3 is 3.00 bits per heavy atom. The van der Waals surface area contributed by atoms with Crippen molar-refractivity contribution in [2.24, 2.45) is 5.73 Å². The Morgan fingerprint density at radius 1 is 1.85 bits per heavy atom. The number of halogens is 1. The normalized spacial score (nSPS) is 12.5. The van der Waals surface area contributed by atoms with Gasteiger partial charge in [0.05, 0.1) is 16.5 Å². The minimum absolute atomic E-state index is 0.329. The lowest BCUT2D eigenvalue weighted by atomic mass is 10.2. The second-order valence-electron chi connectivity index (χ2n) is 2.36. The summed E-state index contributed by atoms with van der Waals surface area (Å²) in [7, 11) is 0. The van der Waals surface area contributed by atoms with E-state index in [4.69, 9.17) is 22.1 Å². The van der Waals surface area contributed by atoms with Gasteiger partial charge in [-0.1, -0.05) is 11.6 Å². The van der Waals surface area contributed by atoms with Crippen LogP contribution in [0.15, 0.2) is 11.4 Å². The Bertz CT molecular complexity index is 300. The molecule has 1 unspecified atom stereocenters. The zero-order chi connectivity index (χ0) is 9.84. The van der Waals surface area contributed by atoms with E-state index in [0.717, 1.165) is 0 Å². The number of carbonyl (C=O) groups excluding carboxylic acids is 1. The Labute approximate surface area is 85.4 Å². The van der Waals surface area contributed by atoms with Gasteiger partial charge in [0.25, 0.3) is 0 Å². The molecular formula is C8H10ClNO2S. The number of carbonyl (C=O) groups is 1. The van der Waals surface area contributed by atoms with Crippen LogP contribution >= 0.6 is 22.9 Å². The van der Waals surface area contributed by atoms with Crippen molar-refractivity contribution in [3.8, 4) is 0 Å². The smallest absolute Gasteiger partial charge is 0.328 e. The molecule has 0 saturated heterocycles. The fourth-order valence-electron chi connectivity index (χ4n) is 0.866. The first-order valence-electron chi connectivity index (χ1n) is 3.82. The minimum atomic E-state index is -0.757. The van der Waals surface area contributed by atoms with Gasteiger partial charge in [0.2, 0.25) is 0 Å². The zero-order valence-electron chi connectivity index (χ0n) is 7.12. The van der Waals surface area contributed by atoms with E-state index in [-0.39, 0.29) is 0 Å². The Balaban J connectivity index is 2.73. The van der Waals surface area contributed by atoms with Crippen LogP contribution in [0.3, 0.4) is 0 Å². The lowest BCUT2D eigenvalue weighted by Gasteiger charge is -2.08. The highest BCUT2D eigenvalue weighted by Crippen LogP contribution is 2.27. The molecule has 1 aromatic rings. The molecule has 0 fully saturated rings. The summed E-state index contributed by atoms with van der Waals surface area (Å²) in [5, 5.41) is 2.31. The molecule has 0 aliphatic carbocycles. The Hall–Kier alpha value is -0.580. The van der Waals surface area contributed by atoms with E-state index >= 15 is 0 Å². The average Bonchev–Trinajstić information content (AvgIpc) is 2.50. The van der Waals surface area contributed by atoms with Gasteiger partial charge in [0.1, 0.15) is 6.04 Å². The molecule has 13 heavy (non-hydrogen) atoms. The van der Waals surface area contributed by atoms with Crippen molar-refractivity contribution in [1.29, 1.82) is 0 Å². The molecule has 0 saturated carbocycles. The van der Waals surface area contributed by atoms with Crippen molar-refractivity contribution in [2.45, 2.75) is 13.0 Å². The number of thiophene rings is 1. The zero-order valence-corrected chi connectivity index (χ0v) is 8.69. The largest absolute Gasteiger partial charge is 0.465 e. The van der Waals surface area contributed by atoms with Gasteiger partial charge < -0.3 is 10.5 Å². The lowest BCUT2D eigenvalue weighted by molar-refractivity contribution is -0.144. The third kappa shape index (κ3) is 2.43. The van der Waals surface area contributed by atoms with Crippen molar-refractivity contribution in [3.05, 3.63) is 21.3 Å². The third-order valence-electron chi connectivity index (χ3n) is 1.47. The van der Waals surface area contributed by atoms with Gasteiger partial charge in [-0.15, -0.1) is 11.3 Å². The van der Waals surface area contributed by atoms with Crippen molar-refractivity contribution < 1.29 is 9.53 Å². The SMILES string of the molecule is CCOC(=O)C(N)c1sccc1Cl. The third-order valence-corrected chi connectivity index (χ3v) is 2.91. The van der Waals surface area contributed by atoms with Gasteiger partial charge in [-0.25, -0.2) is 4.79 Å². The van der Waals surface area contributed by atoms with Crippen molar-refractivity contribution in [3.63, 3.8) is 0 Å². The van der Waals surface area contributed by atoms with E-state index < -0.39 is 12.0 Å². The summed E-state index contributed by atoms with van der Waals surface area (Å²) in [6, 6.07) is 0.952. The van der Waals surface area contributed by atoms with Crippen molar-refractivity contribution in [2.75, 3.05) is 6.61 Å². The Morgan fingerprint density at radius 2 is 2.54 bits per heavy atom. The molecule has 0 aliphatic heterocycles. The molecular weight excluding hydrogens is 210 g/mol. The predicted molar refractivity (Wildman–Crippen MR) is 52.9 cm³/mol. The average molecular weight is 220 g/mol. The summed E-state index contributed by atoms with van der Waals surface area (Å²) in [4.78, 5) is 11.8. The molecule has 0 radical (unpaired) electrons. The van der Waals surface area contributed by atoms with Crippen LogP contribution in [-0.4, -0.2) is 12.6 Å². The number of esters is 1. The van der Waals surface area contributed by atoms with E-state index in [0.29, 0.717) is 16.5 Å². The number of ether oxygens (including phenoxy) is 1. The summed E-state index contributed by atoms with van der Waals surface area (Å²) in [5.74, 6) is -0.438. The van der Waals surface area contributed by atoms with Gasteiger partial charge in [-0.3, -0.25) is 0 Å². The molecule has 0 amide bonds. The summed E-state index contributed by atoms with van der Waals surface area (Å²) in [5.41, 5.74) is 5.62. The monoisotopic (exact) mass is 219 g/mol. The summed E-state index contributed by atoms with van der Waals surface area (Å²) in [6.07, 6.45) is 0. The Kier molecular flexibility index (Phi) is 3.71. The molecule has 3 nitrogen and oxygen atoms in total. The molecule has 0 bridgehead atoms. The van der Waals surface area contributed by atoms with Crippen LogP contribution in [0.4, 0.5) is 0 Å². The number of hydrogen-bond acceptors (Lipinski definition) is 4. The maximum Gasteiger partial charge on any atom is 0.328 e. The predicted octanol–water partition coefficient (Wildman–Crippen LogP) is 1.96. The fraction of sp³-hybridized carbons (Fsp3) is 0.375.